The van der Waals surface area contributed by atoms with Crippen LogP contribution in [0.3, 0.4) is 0 Å². The van der Waals surface area contributed by atoms with E-state index in [-0.39, 0.29) is 25.4 Å². The molecule has 0 radical (unpaired) electrons. The van der Waals surface area contributed by atoms with Gasteiger partial charge in [-0.05, 0) is 19.3 Å². The highest BCUT2D eigenvalue weighted by Crippen LogP contribution is 2.32. The van der Waals surface area contributed by atoms with Gasteiger partial charge in [0.25, 0.3) is 0 Å². The molecule has 2 saturated heterocycles. The molecule has 11 nitrogen and oxygen atoms in total. The van der Waals surface area contributed by atoms with E-state index in [9.17, 15) is 35.4 Å². The smallest absolute Gasteiger partial charge is 0.220 e. The fourth-order valence-electron chi connectivity index (χ4n) is 4.91. The molecular weight excluding hydrogens is 498 g/mol. The second kappa shape index (κ2) is 17.0. The second-order valence-corrected chi connectivity index (χ2v) is 11.3. The summed E-state index contributed by atoms with van der Waals surface area (Å²) in [7, 11) is 0. The fourth-order valence-corrected chi connectivity index (χ4v) is 4.91. The molecule has 2 fully saturated rings. The number of rotatable bonds is 19. The van der Waals surface area contributed by atoms with Gasteiger partial charge < -0.3 is 50.2 Å². The number of ether oxygens (including phenoxy) is 3. The molecule has 2 aliphatic rings. The van der Waals surface area contributed by atoms with Gasteiger partial charge in [0, 0.05) is 11.8 Å². The van der Waals surface area contributed by atoms with Crippen molar-refractivity contribution in [3.63, 3.8) is 0 Å². The van der Waals surface area contributed by atoms with Crippen molar-refractivity contribution in [3.05, 3.63) is 0 Å². The van der Waals surface area contributed by atoms with Gasteiger partial charge in [-0.3, -0.25) is 4.79 Å². The molecule has 8 atom stereocenters. The zero-order chi connectivity index (χ0) is 28.1. The Kier molecular flexibility index (Phi) is 14.9. The molecule has 0 aromatic rings. The van der Waals surface area contributed by atoms with Crippen molar-refractivity contribution >= 4 is 5.91 Å². The summed E-state index contributed by atoms with van der Waals surface area (Å²) >= 11 is 0. The largest absolute Gasteiger partial charge is 0.394 e. The summed E-state index contributed by atoms with van der Waals surface area (Å²) in [5.41, 5.74) is 0.399. The number of hydrogen-bond donors (Lipinski definition) is 7. The highest BCUT2D eigenvalue weighted by molar-refractivity contribution is 5.76. The Balaban J connectivity index is 1.67. The quantitative estimate of drug-likeness (QED) is 0.111. The minimum Gasteiger partial charge on any atom is -0.394 e. The molecule has 0 aliphatic carbocycles. The zero-order valence-corrected chi connectivity index (χ0v) is 23.0. The molecule has 7 N–H and O–H groups in total. The van der Waals surface area contributed by atoms with E-state index in [4.69, 9.17) is 14.2 Å². The van der Waals surface area contributed by atoms with Gasteiger partial charge >= 0.3 is 0 Å². The van der Waals surface area contributed by atoms with Crippen LogP contribution in [0.25, 0.3) is 0 Å². The Labute approximate surface area is 226 Å². The topological polar surface area (TPSA) is 178 Å². The standard InChI is InChI=1S/C27H51NO10/c1-3-19(30)22(32)18(15-37-26-25(35)24(34)23(33)20(14-29)38-26)28-21(31)12-10-8-6-4-5-7-9-11-13-27(2)16-36-17-27/h18-20,22-26,29-30,32-35H,3-17H2,1-2H3,(H,28,31)/t18-,19+,20?,22-,23?,24?,25?,26?/m0/s1. The summed E-state index contributed by atoms with van der Waals surface area (Å²) in [5.74, 6) is -0.289. The van der Waals surface area contributed by atoms with Crippen molar-refractivity contribution in [2.24, 2.45) is 5.41 Å². The average molecular weight is 550 g/mol. The zero-order valence-electron chi connectivity index (χ0n) is 23.0. The van der Waals surface area contributed by atoms with Gasteiger partial charge in [0.15, 0.2) is 6.29 Å². The molecule has 11 heteroatoms. The number of hydrogen-bond acceptors (Lipinski definition) is 10. The van der Waals surface area contributed by atoms with E-state index in [0.717, 1.165) is 32.5 Å². The van der Waals surface area contributed by atoms with Crippen molar-refractivity contribution < 1.29 is 49.6 Å². The van der Waals surface area contributed by atoms with E-state index < -0.39 is 55.6 Å². The molecule has 0 spiro atoms. The van der Waals surface area contributed by atoms with Crippen molar-refractivity contribution in [1.82, 2.24) is 5.32 Å². The molecular formula is C27H51NO10. The summed E-state index contributed by atoms with van der Waals surface area (Å²) in [6.45, 7) is 4.84. The maximum absolute atomic E-state index is 12.5. The first kappa shape index (κ1) is 33.3. The van der Waals surface area contributed by atoms with Crippen molar-refractivity contribution in [1.29, 1.82) is 0 Å². The minimum absolute atomic E-state index is 0.251. The normalized spacial score (nSPS) is 29.3. The average Bonchev–Trinajstić information content (AvgIpc) is 2.89. The molecule has 2 heterocycles. The predicted molar refractivity (Wildman–Crippen MR) is 139 cm³/mol. The number of amides is 1. The maximum atomic E-state index is 12.5. The first-order valence-corrected chi connectivity index (χ1v) is 14.3. The lowest BCUT2D eigenvalue weighted by Crippen LogP contribution is -2.60. The number of nitrogens with one attached hydrogen (secondary N) is 1. The van der Waals surface area contributed by atoms with Gasteiger partial charge in [0.1, 0.15) is 30.5 Å². The molecule has 0 aromatic heterocycles. The predicted octanol–water partition coefficient (Wildman–Crippen LogP) is 0.357. The fraction of sp³-hybridized carbons (Fsp3) is 0.963. The Morgan fingerprint density at radius 1 is 0.974 bits per heavy atom. The third kappa shape index (κ3) is 10.6. The third-order valence-electron chi connectivity index (χ3n) is 7.69. The number of carbonyl (C=O) groups is 1. The van der Waals surface area contributed by atoms with E-state index in [2.05, 4.69) is 12.2 Å². The molecule has 0 saturated carbocycles. The van der Waals surface area contributed by atoms with Crippen LogP contribution in [-0.4, -0.2) is 112 Å². The molecule has 0 bridgehead atoms. The lowest BCUT2D eigenvalue weighted by atomic mass is 9.83. The summed E-state index contributed by atoms with van der Waals surface area (Å²) in [6.07, 6.45) is 0.812. The number of aliphatic hydroxyl groups excluding tert-OH is 6. The van der Waals surface area contributed by atoms with Gasteiger partial charge in [-0.2, -0.15) is 0 Å². The van der Waals surface area contributed by atoms with Crippen LogP contribution >= 0.6 is 0 Å². The van der Waals surface area contributed by atoms with Gasteiger partial charge in [-0.1, -0.05) is 58.8 Å². The van der Waals surface area contributed by atoms with Crippen LogP contribution in [0.2, 0.25) is 0 Å². The highest BCUT2D eigenvalue weighted by Gasteiger charge is 2.44. The van der Waals surface area contributed by atoms with Crippen LogP contribution in [0, 0.1) is 5.41 Å². The molecule has 2 aliphatic heterocycles. The molecule has 5 unspecified atom stereocenters. The van der Waals surface area contributed by atoms with Crippen LogP contribution in [0.1, 0.15) is 84.5 Å². The molecule has 1 amide bonds. The summed E-state index contributed by atoms with van der Waals surface area (Å²) in [4.78, 5) is 12.5. The van der Waals surface area contributed by atoms with Crippen LogP contribution in [0.5, 0.6) is 0 Å². The van der Waals surface area contributed by atoms with E-state index >= 15 is 0 Å². The molecule has 0 aromatic carbocycles. The SMILES string of the molecule is CC[C@@H](O)[C@@H](O)[C@H](COC1OC(CO)C(O)C(O)C1O)NC(=O)CCCCCCCCCCC1(C)COC1. The Hall–Kier alpha value is -0.890. The molecule has 2 rings (SSSR count). The van der Waals surface area contributed by atoms with Gasteiger partial charge in [0.05, 0.1) is 38.6 Å². The second-order valence-electron chi connectivity index (χ2n) is 11.3. The van der Waals surface area contributed by atoms with E-state index in [1.165, 1.54) is 32.1 Å². The molecule has 38 heavy (non-hydrogen) atoms. The van der Waals surface area contributed by atoms with E-state index in [1.54, 1.807) is 6.92 Å². The highest BCUT2D eigenvalue weighted by atomic mass is 16.7. The van der Waals surface area contributed by atoms with Crippen molar-refractivity contribution in [2.45, 2.75) is 133 Å². The van der Waals surface area contributed by atoms with Gasteiger partial charge in [-0.25, -0.2) is 0 Å². The van der Waals surface area contributed by atoms with Crippen LogP contribution in [-0.2, 0) is 19.0 Å². The van der Waals surface area contributed by atoms with Crippen LogP contribution in [0.4, 0.5) is 0 Å². The monoisotopic (exact) mass is 549 g/mol. The van der Waals surface area contributed by atoms with Crippen LogP contribution in [0.15, 0.2) is 0 Å². The number of aliphatic hydroxyl groups is 6. The lowest BCUT2D eigenvalue weighted by Gasteiger charge is -2.40. The Bertz CT molecular complexity index is 662. The van der Waals surface area contributed by atoms with Crippen molar-refractivity contribution in [2.75, 3.05) is 26.4 Å². The Morgan fingerprint density at radius 3 is 2.13 bits per heavy atom. The van der Waals surface area contributed by atoms with Crippen LogP contribution < -0.4 is 5.32 Å². The number of unbranched alkanes of at least 4 members (excludes halogenated alkanes) is 7. The van der Waals surface area contributed by atoms with Crippen molar-refractivity contribution in [3.8, 4) is 0 Å². The first-order valence-electron chi connectivity index (χ1n) is 14.3. The summed E-state index contributed by atoms with van der Waals surface area (Å²) < 4.78 is 16.1. The third-order valence-corrected chi connectivity index (χ3v) is 7.69. The maximum Gasteiger partial charge on any atom is 0.220 e. The lowest BCUT2D eigenvalue weighted by molar-refractivity contribution is -0.303. The molecule has 224 valence electrons. The summed E-state index contributed by atoms with van der Waals surface area (Å²) in [6, 6.07) is -0.987. The first-order chi connectivity index (χ1) is 18.1. The number of carbonyl (C=O) groups excluding carboxylic acids is 1. The van der Waals surface area contributed by atoms with Gasteiger partial charge in [0.2, 0.25) is 5.91 Å². The summed E-state index contributed by atoms with van der Waals surface area (Å²) in [5, 5.41) is 62.7. The van der Waals surface area contributed by atoms with E-state index in [1.807, 2.05) is 0 Å². The Morgan fingerprint density at radius 2 is 1.58 bits per heavy atom. The van der Waals surface area contributed by atoms with Gasteiger partial charge in [-0.15, -0.1) is 0 Å². The van der Waals surface area contributed by atoms with E-state index in [0.29, 0.717) is 11.8 Å². The minimum atomic E-state index is -1.60.